The van der Waals surface area contributed by atoms with Crippen molar-refractivity contribution in [2.24, 2.45) is 0 Å². The highest BCUT2D eigenvalue weighted by molar-refractivity contribution is 6.30. The van der Waals surface area contributed by atoms with Crippen LogP contribution < -0.4 is 5.32 Å². The Labute approximate surface area is 148 Å². The Kier molecular flexibility index (Phi) is 3.85. The maximum atomic E-state index is 11.1. The molecule has 0 aliphatic carbocycles. The molecule has 0 unspecified atom stereocenters. The van der Waals surface area contributed by atoms with Gasteiger partial charge in [-0.2, -0.15) is 10.1 Å². The van der Waals surface area contributed by atoms with Crippen molar-refractivity contribution in [2.75, 3.05) is 5.32 Å². The largest absolute Gasteiger partial charge is 0.348 e. The lowest BCUT2D eigenvalue weighted by Gasteiger charge is -2.31. The zero-order chi connectivity index (χ0) is 17.4. The first-order chi connectivity index (χ1) is 12.1. The third-order valence-electron chi connectivity index (χ3n) is 4.37. The minimum atomic E-state index is -0.385. The quantitative estimate of drug-likeness (QED) is 0.567. The second kappa shape index (κ2) is 6.18. The monoisotopic (exact) mass is 355 g/mol. The SMILES string of the molecule is O=[N+]([O-])c1cccc([C@@H]2C[C@@H](c3ccc(Cl)cc3)Nc3ncnn32)c1. The number of anilines is 1. The molecule has 8 heteroatoms. The second-order valence-corrected chi connectivity index (χ2v) is 6.32. The fourth-order valence-corrected chi connectivity index (χ4v) is 3.28. The lowest BCUT2D eigenvalue weighted by molar-refractivity contribution is -0.384. The van der Waals surface area contributed by atoms with E-state index in [-0.39, 0.29) is 22.7 Å². The summed E-state index contributed by atoms with van der Waals surface area (Å²) < 4.78 is 1.77. The molecule has 0 saturated heterocycles. The van der Waals surface area contributed by atoms with Gasteiger partial charge < -0.3 is 5.32 Å². The maximum absolute atomic E-state index is 11.1. The van der Waals surface area contributed by atoms with E-state index in [2.05, 4.69) is 15.4 Å². The Balaban J connectivity index is 1.73. The van der Waals surface area contributed by atoms with Crippen LogP contribution in [0.5, 0.6) is 0 Å². The van der Waals surface area contributed by atoms with Gasteiger partial charge in [0.1, 0.15) is 6.33 Å². The summed E-state index contributed by atoms with van der Waals surface area (Å²) in [6.45, 7) is 0. The van der Waals surface area contributed by atoms with Gasteiger partial charge in [-0.05, 0) is 29.7 Å². The first kappa shape index (κ1) is 15.6. The van der Waals surface area contributed by atoms with Gasteiger partial charge in [0.05, 0.1) is 17.0 Å². The predicted octanol–water partition coefficient (Wildman–Crippen LogP) is 3.99. The molecule has 2 aromatic carbocycles. The van der Waals surface area contributed by atoms with Gasteiger partial charge in [-0.25, -0.2) is 4.68 Å². The normalized spacial score (nSPS) is 19.1. The summed E-state index contributed by atoms with van der Waals surface area (Å²) in [5.41, 5.74) is 1.98. The molecule has 0 bridgehead atoms. The first-order valence-electron chi connectivity index (χ1n) is 7.77. The Bertz CT molecular complexity index is 925. The van der Waals surface area contributed by atoms with Gasteiger partial charge in [0.15, 0.2) is 0 Å². The highest BCUT2D eigenvalue weighted by Gasteiger charge is 2.30. The summed E-state index contributed by atoms with van der Waals surface area (Å²) in [7, 11) is 0. The molecular formula is C17H14ClN5O2. The van der Waals surface area contributed by atoms with Crippen molar-refractivity contribution in [3.05, 3.63) is 81.1 Å². The van der Waals surface area contributed by atoms with Crippen LogP contribution in [0.1, 0.15) is 29.6 Å². The molecule has 4 rings (SSSR count). The van der Waals surface area contributed by atoms with E-state index in [9.17, 15) is 10.1 Å². The molecule has 1 aliphatic heterocycles. The smallest absolute Gasteiger partial charge is 0.269 e. The third-order valence-corrected chi connectivity index (χ3v) is 4.62. The highest BCUT2D eigenvalue weighted by Crippen LogP contribution is 2.38. The Hall–Kier alpha value is -2.93. The van der Waals surface area contributed by atoms with Crippen LogP contribution in [-0.4, -0.2) is 19.7 Å². The topological polar surface area (TPSA) is 85.9 Å². The maximum Gasteiger partial charge on any atom is 0.269 e. The number of aromatic nitrogens is 3. The number of halogens is 1. The number of nitro groups is 1. The number of nitro benzene ring substituents is 1. The number of fused-ring (bicyclic) bond motifs is 1. The van der Waals surface area contributed by atoms with Crippen LogP contribution in [0, 0.1) is 10.1 Å². The third kappa shape index (κ3) is 2.94. The van der Waals surface area contributed by atoms with Crippen LogP contribution >= 0.6 is 11.6 Å². The average Bonchev–Trinajstić information content (AvgIpc) is 3.10. The molecule has 1 aliphatic rings. The lowest BCUT2D eigenvalue weighted by atomic mass is 9.93. The molecule has 0 radical (unpaired) electrons. The van der Waals surface area contributed by atoms with Crippen LogP contribution in [0.2, 0.25) is 5.02 Å². The standard InChI is InChI=1S/C17H14ClN5O2/c18-13-6-4-11(5-7-13)15-9-16(22-17(21-15)19-10-20-22)12-2-1-3-14(8-12)23(24)25/h1-8,10,15-16H,9H2,(H,19,20,21)/t15-,16-/m0/s1. The van der Waals surface area contributed by atoms with Crippen molar-refractivity contribution in [3.8, 4) is 0 Å². The number of hydrogen-bond acceptors (Lipinski definition) is 5. The predicted molar refractivity (Wildman–Crippen MR) is 93.7 cm³/mol. The molecule has 0 fully saturated rings. The molecule has 0 spiro atoms. The minimum absolute atomic E-state index is 0.0122. The van der Waals surface area contributed by atoms with Gasteiger partial charge in [0.25, 0.3) is 5.69 Å². The average molecular weight is 356 g/mol. The van der Waals surface area contributed by atoms with Crippen molar-refractivity contribution < 1.29 is 4.92 Å². The van der Waals surface area contributed by atoms with E-state index in [1.165, 1.54) is 12.4 Å². The summed E-state index contributed by atoms with van der Waals surface area (Å²) >= 11 is 5.98. The molecule has 0 amide bonds. The van der Waals surface area contributed by atoms with E-state index < -0.39 is 0 Å². The first-order valence-corrected chi connectivity index (χ1v) is 8.15. The van der Waals surface area contributed by atoms with Gasteiger partial charge in [0, 0.05) is 17.2 Å². The van der Waals surface area contributed by atoms with Crippen molar-refractivity contribution in [3.63, 3.8) is 0 Å². The fraction of sp³-hybridized carbons (Fsp3) is 0.176. The summed E-state index contributed by atoms with van der Waals surface area (Å²) in [5.74, 6) is 0.641. The molecule has 2 heterocycles. The molecule has 1 N–H and O–H groups in total. The van der Waals surface area contributed by atoms with Crippen molar-refractivity contribution >= 4 is 23.2 Å². The van der Waals surface area contributed by atoms with E-state index >= 15 is 0 Å². The number of benzene rings is 2. The van der Waals surface area contributed by atoms with E-state index in [1.54, 1.807) is 16.8 Å². The molecular weight excluding hydrogens is 342 g/mol. The Morgan fingerprint density at radius 3 is 2.76 bits per heavy atom. The lowest BCUT2D eigenvalue weighted by Crippen LogP contribution is -2.28. The summed E-state index contributed by atoms with van der Waals surface area (Å²) in [6.07, 6.45) is 2.18. The van der Waals surface area contributed by atoms with Crippen LogP contribution in [0.25, 0.3) is 0 Å². The van der Waals surface area contributed by atoms with E-state index in [4.69, 9.17) is 11.6 Å². The van der Waals surface area contributed by atoms with E-state index in [0.29, 0.717) is 17.4 Å². The number of non-ortho nitro benzene ring substituents is 1. The molecule has 0 saturated carbocycles. The Morgan fingerprint density at radius 1 is 1.20 bits per heavy atom. The van der Waals surface area contributed by atoms with E-state index in [1.807, 2.05) is 30.3 Å². The van der Waals surface area contributed by atoms with Gasteiger partial charge in [-0.15, -0.1) is 0 Å². The van der Waals surface area contributed by atoms with Crippen LogP contribution in [-0.2, 0) is 0 Å². The van der Waals surface area contributed by atoms with Gasteiger partial charge in [0.2, 0.25) is 5.95 Å². The molecule has 25 heavy (non-hydrogen) atoms. The van der Waals surface area contributed by atoms with Crippen molar-refractivity contribution in [1.82, 2.24) is 14.8 Å². The van der Waals surface area contributed by atoms with Gasteiger partial charge in [-0.3, -0.25) is 10.1 Å². The van der Waals surface area contributed by atoms with Crippen LogP contribution in [0.15, 0.2) is 54.9 Å². The summed E-state index contributed by atoms with van der Waals surface area (Å²) in [6, 6.07) is 14.2. The molecule has 2 atom stereocenters. The number of nitrogens with zero attached hydrogens (tertiary/aromatic N) is 4. The second-order valence-electron chi connectivity index (χ2n) is 5.88. The van der Waals surface area contributed by atoms with E-state index in [0.717, 1.165) is 11.1 Å². The zero-order valence-corrected chi connectivity index (χ0v) is 13.8. The molecule has 3 aromatic rings. The number of rotatable bonds is 3. The zero-order valence-electron chi connectivity index (χ0n) is 13.0. The highest BCUT2D eigenvalue weighted by atomic mass is 35.5. The van der Waals surface area contributed by atoms with Crippen molar-refractivity contribution in [2.45, 2.75) is 18.5 Å². The Morgan fingerprint density at radius 2 is 2.00 bits per heavy atom. The minimum Gasteiger partial charge on any atom is -0.348 e. The fourth-order valence-electron chi connectivity index (χ4n) is 3.16. The number of hydrogen-bond donors (Lipinski definition) is 1. The van der Waals surface area contributed by atoms with Crippen LogP contribution in [0.4, 0.5) is 11.6 Å². The molecule has 126 valence electrons. The van der Waals surface area contributed by atoms with Crippen molar-refractivity contribution in [1.29, 1.82) is 0 Å². The molecule has 7 nitrogen and oxygen atoms in total. The van der Waals surface area contributed by atoms with Crippen LogP contribution in [0.3, 0.4) is 0 Å². The molecule has 1 aromatic heterocycles. The summed E-state index contributed by atoms with van der Waals surface area (Å²) in [5, 5.41) is 19.4. The van der Waals surface area contributed by atoms with Gasteiger partial charge in [-0.1, -0.05) is 35.9 Å². The van der Waals surface area contributed by atoms with Gasteiger partial charge >= 0.3 is 0 Å². The number of nitrogens with one attached hydrogen (secondary N) is 1. The summed E-state index contributed by atoms with van der Waals surface area (Å²) in [4.78, 5) is 15.0.